The molecule has 1 aromatic carbocycles. The predicted molar refractivity (Wildman–Crippen MR) is 85.3 cm³/mol. The molecule has 2 saturated heterocycles. The number of thioether (sulfide) groups is 1. The molecule has 0 aliphatic carbocycles. The minimum atomic E-state index is -0.495. The molecule has 1 amide bonds. The Bertz CT molecular complexity index is 596. The lowest BCUT2D eigenvalue weighted by Crippen LogP contribution is -2.48. The van der Waals surface area contributed by atoms with Gasteiger partial charge in [0, 0.05) is 29.1 Å². The fraction of sp³-hybridized carbons (Fsp3) is 0.533. The lowest BCUT2D eigenvalue weighted by atomic mass is 9.99. The highest BCUT2D eigenvalue weighted by molar-refractivity contribution is 7.98. The minimum Gasteiger partial charge on any atom is -0.349 e. The van der Waals surface area contributed by atoms with Gasteiger partial charge in [-0.15, -0.1) is 11.8 Å². The van der Waals surface area contributed by atoms with Gasteiger partial charge in [-0.2, -0.15) is 0 Å². The summed E-state index contributed by atoms with van der Waals surface area (Å²) in [5.74, 6) is -0.339. The Morgan fingerprint density at radius 1 is 1.36 bits per heavy atom. The molecule has 118 valence electrons. The van der Waals surface area contributed by atoms with Gasteiger partial charge in [0.2, 0.25) is 0 Å². The average molecular weight is 321 g/mol. The van der Waals surface area contributed by atoms with Crippen LogP contribution < -0.4 is 10.6 Å². The van der Waals surface area contributed by atoms with E-state index < -0.39 is 4.92 Å². The van der Waals surface area contributed by atoms with Gasteiger partial charge in [-0.1, -0.05) is 0 Å². The van der Waals surface area contributed by atoms with Crippen molar-refractivity contribution >= 4 is 23.4 Å². The maximum Gasteiger partial charge on any atom is 0.282 e. The summed E-state index contributed by atoms with van der Waals surface area (Å²) in [6.45, 7) is 0. The lowest BCUT2D eigenvalue weighted by Gasteiger charge is -2.29. The number of nitrogens with one attached hydrogen (secondary N) is 2. The van der Waals surface area contributed by atoms with Crippen LogP contribution in [-0.4, -0.2) is 35.2 Å². The first-order valence-corrected chi connectivity index (χ1v) is 8.68. The van der Waals surface area contributed by atoms with Gasteiger partial charge in [0.15, 0.2) is 0 Å². The molecule has 2 aliphatic heterocycles. The quantitative estimate of drug-likeness (QED) is 0.505. The smallest absolute Gasteiger partial charge is 0.282 e. The average Bonchev–Trinajstić information content (AvgIpc) is 2.85. The molecule has 7 heteroatoms. The van der Waals surface area contributed by atoms with Crippen LogP contribution in [0.5, 0.6) is 0 Å². The number of nitro benzene ring substituents is 1. The Hall–Kier alpha value is -1.60. The van der Waals surface area contributed by atoms with Gasteiger partial charge in [0.1, 0.15) is 5.56 Å². The normalized spacial score (nSPS) is 26.7. The van der Waals surface area contributed by atoms with Crippen LogP contribution >= 0.6 is 11.8 Å². The highest BCUT2D eigenvalue weighted by Crippen LogP contribution is 2.28. The van der Waals surface area contributed by atoms with Gasteiger partial charge in [-0.3, -0.25) is 14.9 Å². The second-order valence-corrected chi connectivity index (χ2v) is 6.80. The summed E-state index contributed by atoms with van der Waals surface area (Å²) in [5, 5.41) is 17.6. The summed E-state index contributed by atoms with van der Waals surface area (Å²) in [5.41, 5.74) is 0.0231. The largest absolute Gasteiger partial charge is 0.349 e. The molecule has 3 rings (SSSR count). The van der Waals surface area contributed by atoms with E-state index in [0.29, 0.717) is 12.1 Å². The van der Waals surface area contributed by atoms with Gasteiger partial charge in [-0.05, 0) is 44.1 Å². The predicted octanol–water partition coefficient (Wildman–Crippen LogP) is 2.33. The number of carbonyl (C=O) groups is 1. The van der Waals surface area contributed by atoms with E-state index >= 15 is 0 Å². The molecule has 0 saturated carbocycles. The van der Waals surface area contributed by atoms with E-state index in [-0.39, 0.29) is 23.2 Å². The van der Waals surface area contributed by atoms with Gasteiger partial charge < -0.3 is 10.6 Å². The number of nitrogens with zero attached hydrogens (tertiary/aromatic N) is 1. The summed E-state index contributed by atoms with van der Waals surface area (Å²) >= 11 is 1.47. The number of benzene rings is 1. The van der Waals surface area contributed by atoms with Crippen molar-refractivity contribution in [2.45, 2.75) is 48.7 Å². The van der Waals surface area contributed by atoms with Crippen molar-refractivity contribution in [1.29, 1.82) is 0 Å². The van der Waals surface area contributed by atoms with E-state index in [1.165, 1.54) is 17.8 Å². The molecule has 22 heavy (non-hydrogen) atoms. The van der Waals surface area contributed by atoms with Crippen LogP contribution in [0.3, 0.4) is 0 Å². The van der Waals surface area contributed by atoms with Crippen LogP contribution in [0.25, 0.3) is 0 Å². The third kappa shape index (κ3) is 3.10. The molecular formula is C15H19N3O3S. The van der Waals surface area contributed by atoms with E-state index in [4.69, 9.17) is 0 Å². The van der Waals surface area contributed by atoms with Crippen molar-refractivity contribution in [3.8, 4) is 0 Å². The topological polar surface area (TPSA) is 84.3 Å². The number of rotatable bonds is 4. The molecular weight excluding hydrogens is 302 g/mol. The van der Waals surface area contributed by atoms with Gasteiger partial charge in [0.05, 0.1) is 4.92 Å². The van der Waals surface area contributed by atoms with Crippen molar-refractivity contribution in [3.05, 3.63) is 33.9 Å². The van der Waals surface area contributed by atoms with Crippen LogP contribution in [0.15, 0.2) is 23.1 Å². The number of fused-ring (bicyclic) bond motifs is 2. The van der Waals surface area contributed by atoms with Crippen molar-refractivity contribution in [2.24, 2.45) is 0 Å². The van der Waals surface area contributed by atoms with E-state index in [0.717, 1.165) is 30.6 Å². The summed E-state index contributed by atoms with van der Waals surface area (Å²) in [6.07, 6.45) is 5.99. The highest BCUT2D eigenvalue weighted by Gasteiger charge is 2.34. The molecule has 6 nitrogen and oxygen atoms in total. The van der Waals surface area contributed by atoms with Crippen LogP contribution in [-0.2, 0) is 0 Å². The fourth-order valence-corrected chi connectivity index (χ4v) is 3.86. The molecule has 0 radical (unpaired) electrons. The summed E-state index contributed by atoms with van der Waals surface area (Å²) in [6, 6.07) is 5.72. The molecule has 0 aromatic heterocycles. The monoisotopic (exact) mass is 321 g/mol. The third-order valence-corrected chi connectivity index (χ3v) is 5.18. The van der Waals surface area contributed by atoms with Crippen LogP contribution in [0.4, 0.5) is 5.69 Å². The summed E-state index contributed by atoms with van der Waals surface area (Å²) in [7, 11) is 0. The van der Waals surface area contributed by atoms with Gasteiger partial charge >= 0.3 is 0 Å². The Morgan fingerprint density at radius 3 is 2.64 bits per heavy atom. The number of carbonyl (C=O) groups excluding carboxylic acids is 1. The number of hydrogen-bond donors (Lipinski definition) is 2. The minimum absolute atomic E-state index is 0.101. The van der Waals surface area contributed by atoms with Crippen molar-refractivity contribution in [3.63, 3.8) is 0 Å². The zero-order chi connectivity index (χ0) is 15.7. The number of nitro groups is 1. The van der Waals surface area contributed by atoms with Crippen LogP contribution in [0.1, 0.15) is 36.0 Å². The lowest BCUT2D eigenvalue weighted by molar-refractivity contribution is -0.385. The molecule has 2 atom stereocenters. The van der Waals surface area contributed by atoms with Crippen molar-refractivity contribution in [1.82, 2.24) is 10.6 Å². The van der Waals surface area contributed by atoms with E-state index in [1.54, 1.807) is 12.1 Å². The Morgan fingerprint density at radius 2 is 2.05 bits per heavy atom. The van der Waals surface area contributed by atoms with Crippen molar-refractivity contribution < 1.29 is 9.72 Å². The van der Waals surface area contributed by atoms with Crippen LogP contribution in [0.2, 0.25) is 0 Å². The van der Waals surface area contributed by atoms with E-state index in [1.807, 2.05) is 6.26 Å². The first kappa shape index (κ1) is 15.3. The Labute approximate surface area is 133 Å². The molecule has 0 spiro atoms. The first-order chi connectivity index (χ1) is 10.6. The zero-order valence-electron chi connectivity index (χ0n) is 12.4. The van der Waals surface area contributed by atoms with Gasteiger partial charge in [-0.25, -0.2) is 0 Å². The number of amides is 1. The fourth-order valence-electron chi connectivity index (χ4n) is 3.42. The molecule has 2 aliphatic rings. The Balaban J connectivity index is 1.77. The second-order valence-electron chi connectivity index (χ2n) is 5.92. The highest BCUT2D eigenvalue weighted by atomic mass is 32.2. The number of piperidine rings is 1. The maximum atomic E-state index is 12.5. The first-order valence-electron chi connectivity index (χ1n) is 7.46. The second kappa shape index (κ2) is 6.26. The maximum absolute atomic E-state index is 12.5. The molecule has 2 N–H and O–H groups in total. The summed E-state index contributed by atoms with van der Waals surface area (Å²) in [4.78, 5) is 24.0. The molecule has 2 fully saturated rings. The van der Waals surface area contributed by atoms with Gasteiger partial charge in [0.25, 0.3) is 11.6 Å². The van der Waals surface area contributed by atoms with E-state index in [2.05, 4.69) is 10.6 Å². The molecule has 2 bridgehead atoms. The Kier molecular flexibility index (Phi) is 4.35. The standard InChI is InChI=1S/C15H19N3O3S/c1-22-12-4-5-14(18(20)21)13(8-12)15(19)17-11-6-9-2-3-10(7-11)16-9/h4-5,8-11,16H,2-3,6-7H2,1H3,(H,17,19). The zero-order valence-corrected chi connectivity index (χ0v) is 13.2. The number of hydrogen-bond acceptors (Lipinski definition) is 5. The van der Waals surface area contributed by atoms with Crippen molar-refractivity contribution in [2.75, 3.05) is 6.26 Å². The SMILES string of the molecule is CSc1ccc([N+](=O)[O-])c(C(=O)NC2CC3CCC(C2)N3)c1. The van der Waals surface area contributed by atoms with Crippen LogP contribution in [0, 0.1) is 10.1 Å². The third-order valence-electron chi connectivity index (χ3n) is 4.45. The molecule has 2 heterocycles. The molecule has 1 aromatic rings. The molecule has 2 unspecified atom stereocenters. The summed E-state index contributed by atoms with van der Waals surface area (Å²) < 4.78 is 0. The van der Waals surface area contributed by atoms with E-state index in [9.17, 15) is 14.9 Å².